The first-order valence-corrected chi connectivity index (χ1v) is 10.6. The van der Waals surface area contributed by atoms with Crippen LogP contribution < -0.4 is 9.64 Å². The maximum absolute atomic E-state index is 13.4. The van der Waals surface area contributed by atoms with E-state index in [4.69, 9.17) is 4.74 Å². The summed E-state index contributed by atoms with van der Waals surface area (Å²) in [5, 5.41) is 3.93. The Morgan fingerprint density at radius 3 is 2.67 bits per heavy atom. The molecule has 0 bridgehead atoms. The average molecular weight is 469 g/mol. The molecule has 0 radical (unpaired) electrons. The van der Waals surface area contributed by atoms with Gasteiger partial charge in [0.1, 0.15) is 29.7 Å². The van der Waals surface area contributed by atoms with Gasteiger partial charge in [0.05, 0.1) is 18.0 Å². The SMILES string of the molecule is C[C@@H](Oc1ccccc1C(F)(F)F)[C@]1(C)CCCN(c2cnc3cnn(CC(F)F)c3n2)C1. The molecule has 4 rings (SSSR count). The molecule has 2 atom stereocenters. The highest BCUT2D eigenvalue weighted by atomic mass is 19.4. The van der Waals surface area contributed by atoms with Crippen molar-refractivity contribution in [3.05, 3.63) is 42.2 Å². The van der Waals surface area contributed by atoms with Crippen LogP contribution in [0.25, 0.3) is 11.2 Å². The minimum Gasteiger partial charge on any atom is -0.489 e. The third-order valence-electron chi connectivity index (χ3n) is 6.17. The lowest BCUT2D eigenvalue weighted by molar-refractivity contribution is -0.139. The van der Waals surface area contributed by atoms with E-state index in [1.165, 1.54) is 24.4 Å². The monoisotopic (exact) mass is 469 g/mol. The summed E-state index contributed by atoms with van der Waals surface area (Å²) < 4.78 is 72.8. The molecule has 1 saturated heterocycles. The molecule has 2 aromatic heterocycles. The fourth-order valence-electron chi connectivity index (χ4n) is 4.19. The van der Waals surface area contributed by atoms with Gasteiger partial charge in [0.2, 0.25) is 0 Å². The van der Waals surface area contributed by atoms with Gasteiger partial charge in [0, 0.05) is 18.5 Å². The molecule has 3 heterocycles. The number of hydrogen-bond acceptors (Lipinski definition) is 5. The van der Waals surface area contributed by atoms with E-state index in [0.717, 1.165) is 23.6 Å². The number of aromatic nitrogens is 4. The third-order valence-corrected chi connectivity index (χ3v) is 6.17. The summed E-state index contributed by atoms with van der Waals surface area (Å²) in [6, 6.07) is 5.18. The quantitative estimate of drug-likeness (QED) is 0.466. The summed E-state index contributed by atoms with van der Waals surface area (Å²) in [5.74, 6) is 0.306. The second-order valence-electron chi connectivity index (χ2n) is 8.59. The molecule has 1 aliphatic rings. The van der Waals surface area contributed by atoms with Crippen molar-refractivity contribution >= 4 is 17.0 Å². The Morgan fingerprint density at radius 2 is 1.94 bits per heavy atom. The van der Waals surface area contributed by atoms with Gasteiger partial charge < -0.3 is 9.64 Å². The van der Waals surface area contributed by atoms with Crippen molar-refractivity contribution in [3.63, 3.8) is 0 Å². The second kappa shape index (κ2) is 8.75. The largest absolute Gasteiger partial charge is 0.489 e. The van der Waals surface area contributed by atoms with Crippen molar-refractivity contribution in [1.82, 2.24) is 19.7 Å². The van der Waals surface area contributed by atoms with Gasteiger partial charge in [-0.25, -0.2) is 23.4 Å². The fourth-order valence-corrected chi connectivity index (χ4v) is 4.19. The molecule has 0 spiro atoms. The lowest BCUT2D eigenvalue weighted by atomic mass is 9.77. The number of benzene rings is 1. The highest BCUT2D eigenvalue weighted by molar-refractivity contribution is 5.71. The minimum atomic E-state index is -4.51. The van der Waals surface area contributed by atoms with E-state index in [0.29, 0.717) is 24.4 Å². The molecular formula is C22H24F5N5O. The Labute approximate surface area is 187 Å². The summed E-state index contributed by atoms with van der Waals surface area (Å²) in [4.78, 5) is 10.8. The van der Waals surface area contributed by atoms with Crippen LogP contribution in [0.5, 0.6) is 5.75 Å². The van der Waals surface area contributed by atoms with Crippen molar-refractivity contribution in [2.45, 2.75) is 51.9 Å². The van der Waals surface area contributed by atoms with Crippen LogP contribution in [0, 0.1) is 5.41 Å². The topological polar surface area (TPSA) is 56.1 Å². The zero-order valence-corrected chi connectivity index (χ0v) is 18.2. The Balaban J connectivity index is 1.55. The van der Waals surface area contributed by atoms with Gasteiger partial charge in [-0.2, -0.15) is 18.3 Å². The number of hydrogen-bond donors (Lipinski definition) is 0. The van der Waals surface area contributed by atoms with Gasteiger partial charge in [0.25, 0.3) is 6.43 Å². The maximum atomic E-state index is 13.4. The highest BCUT2D eigenvalue weighted by Crippen LogP contribution is 2.40. The minimum absolute atomic E-state index is 0.201. The van der Waals surface area contributed by atoms with Crippen LogP contribution in [0.4, 0.5) is 27.8 Å². The molecule has 0 aliphatic carbocycles. The molecule has 6 nitrogen and oxygen atoms in total. The van der Waals surface area contributed by atoms with E-state index in [1.54, 1.807) is 13.1 Å². The zero-order valence-electron chi connectivity index (χ0n) is 18.2. The summed E-state index contributed by atoms with van der Waals surface area (Å²) in [6.45, 7) is 4.27. The molecule has 0 amide bonds. The number of para-hydroxylation sites is 1. The van der Waals surface area contributed by atoms with E-state index in [1.807, 2.05) is 11.8 Å². The van der Waals surface area contributed by atoms with Crippen molar-refractivity contribution in [1.29, 1.82) is 0 Å². The molecule has 1 fully saturated rings. The van der Waals surface area contributed by atoms with E-state index >= 15 is 0 Å². The summed E-state index contributed by atoms with van der Waals surface area (Å²) in [6.07, 6.45) is -3.14. The predicted molar refractivity (Wildman–Crippen MR) is 112 cm³/mol. The molecule has 0 unspecified atom stereocenters. The van der Waals surface area contributed by atoms with Crippen LogP contribution >= 0.6 is 0 Å². The molecular weight excluding hydrogens is 445 g/mol. The van der Waals surface area contributed by atoms with E-state index < -0.39 is 36.2 Å². The molecule has 178 valence electrons. The standard InChI is InChI=1S/C22H24F5N5O/c1-14(33-17-7-4-3-6-15(17)22(25,26)27)21(2)8-5-9-31(13-21)19-11-28-16-10-29-32(12-18(23)24)20(16)30-19/h3-4,6-7,10-11,14,18H,5,8-9,12-13H2,1-2H3/t14-,21-/m1/s1. The number of anilines is 1. The van der Waals surface area contributed by atoms with Crippen LogP contribution in [-0.2, 0) is 12.7 Å². The van der Waals surface area contributed by atoms with Crippen molar-refractivity contribution in [3.8, 4) is 5.75 Å². The Hall–Kier alpha value is -2.98. The normalized spacial score (nSPS) is 20.4. The summed E-state index contributed by atoms with van der Waals surface area (Å²) in [7, 11) is 0. The lowest BCUT2D eigenvalue weighted by Crippen LogP contribution is -2.49. The first kappa shape index (κ1) is 23.2. The lowest BCUT2D eigenvalue weighted by Gasteiger charge is -2.44. The Bertz CT molecular complexity index is 1120. The highest BCUT2D eigenvalue weighted by Gasteiger charge is 2.40. The maximum Gasteiger partial charge on any atom is 0.419 e. The van der Waals surface area contributed by atoms with Gasteiger partial charge in [0.15, 0.2) is 5.65 Å². The Morgan fingerprint density at radius 1 is 1.18 bits per heavy atom. The predicted octanol–water partition coefficient (Wildman–Crippen LogP) is 5.18. The van der Waals surface area contributed by atoms with Crippen LogP contribution in [0.2, 0.25) is 0 Å². The molecule has 11 heteroatoms. The van der Waals surface area contributed by atoms with Gasteiger partial charge in [-0.3, -0.25) is 0 Å². The van der Waals surface area contributed by atoms with Gasteiger partial charge in [-0.15, -0.1) is 0 Å². The van der Waals surface area contributed by atoms with Gasteiger partial charge >= 0.3 is 6.18 Å². The number of piperidine rings is 1. The van der Waals surface area contributed by atoms with Crippen molar-refractivity contribution < 1.29 is 26.7 Å². The summed E-state index contributed by atoms with van der Waals surface area (Å²) in [5.41, 5.74) is -0.601. The number of halogens is 5. The molecule has 3 aromatic rings. The van der Waals surface area contributed by atoms with Gasteiger partial charge in [-0.1, -0.05) is 19.1 Å². The summed E-state index contributed by atoms with van der Waals surface area (Å²) >= 11 is 0. The fraction of sp³-hybridized carbons (Fsp3) is 0.500. The van der Waals surface area contributed by atoms with E-state index in [2.05, 4.69) is 15.1 Å². The number of ether oxygens (including phenoxy) is 1. The number of fused-ring (bicyclic) bond motifs is 1. The molecule has 0 N–H and O–H groups in total. The molecule has 33 heavy (non-hydrogen) atoms. The number of rotatable bonds is 6. The molecule has 1 aliphatic heterocycles. The van der Waals surface area contributed by atoms with Crippen LogP contribution in [0.15, 0.2) is 36.7 Å². The second-order valence-corrected chi connectivity index (χ2v) is 8.59. The first-order chi connectivity index (χ1) is 15.6. The van der Waals surface area contributed by atoms with Crippen molar-refractivity contribution in [2.75, 3.05) is 18.0 Å². The Kier molecular flexibility index (Phi) is 6.15. The number of nitrogens with zero attached hydrogens (tertiary/aromatic N) is 5. The third kappa shape index (κ3) is 4.86. The number of alkyl halides is 5. The first-order valence-electron chi connectivity index (χ1n) is 10.6. The van der Waals surface area contributed by atoms with E-state index in [9.17, 15) is 22.0 Å². The van der Waals surface area contributed by atoms with Gasteiger partial charge in [-0.05, 0) is 31.9 Å². The van der Waals surface area contributed by atoms with Crippen molar-refractivity contribution in [2.24, 2.45) is 5.41 Å². The van der Waals surface area contributed by atoms with Crippen LogP contribution in [0.3, 0.4) is 0 Å². The van der Waals surface area contributed by atoms with E-state index in [-0.39, 0.29) is 11.4 Å². The molecule has 0 saturated carbocycles. The van der Waals surface area contributed by atoms with Crippen LogP contribution in [0.1, 0.15) is 32.3 Å². The van der Waals surface area contributed by atoms with Crippen LogP contribution in [-0.4, -0.2) is 45.4 Å². The molecule has 1 aromatic carbocycles. The smallest absolute Gasteiger partial charge is 0.419 e. The zero-order chi connectivity index (χ0) is 23.8. The average Bonchev–Trinajstić information content (AvgIpc) is 3.15.